The first-order valence-electron chi connectivity index (χ1n) is 5.79. The van der Waals surface area contributed by atoms with Gasteiger partial charge in [0, 0.05) is 17.0 Å². The maximum atomic E-state index is 13.0. The van der Waals surface area contributed by atoms with Gasteiger partial charge in [0.05, 0.1) is 5.02 Å². The Hall–Kier alpha value is -1.38. The van der Waals surface area contributed by atoms with Crippen LogP contribution in [0.3, 0.4) is 0 Å². The van der Waals surface area contributed by atoms with Crippen LogP contribution >= 0.6 is 23.2 Å². The van der Waals surface area contributed by atoms with Gasteiger partial charge in [0.15, 0.2) is 5.78 Å². The smallest absolute Gasteiger partial charge is 0.164 e. The highest BCUT2D eigenvalue weighted by atomic mass is 35.5. The van der Waals surface area contributed by atoms with Gasteiger partial charge in [0.2, 0.25) is 0 Å². The van der Waals surface area contributed by atoms with Gasteiger partial charge < -0.3 is 0 Å². The number of carbonyl (C=O) groups is 1. The molecule has 4 heteroatoms. The minimum Gasteiger partial charge on any atom is -0.294 e. The molecule has 0 saturated heterocycles. The van der Waals surface area contributed by atoms with Crippen molar-refractivity contribution in [1.82, 2.24) is 0 Å². The zero-order valence-electron chi connectivity index (χ0n) is 10.00. The predicted octanol–water partition coefficient (Wildman–Crippen LogP) is 4.95. The summed E-state index contributed by atoms with van der Waals surface area (Å²) in [6.07, 6.45) is 0.764. The van der Waals surface area contributed by atoms with Crippen molar-refractivity contribution in [2.75, 3.05) is 0 Å². The fourth-order valence-corrected chi connectivity index (χ4v) is 2.31. The Labute approximate surface area is 121 Å². The van der Waals surface area contributed by atoms with E-state index in [2.05, 4.69) is 0 Å². The van der Waals surface area contributed by atoms with Crippen LogP contribution in [0.5, 0.6) is 0 Å². The van der Waals surface area contributed by atoms with Crippen molar-refractivity contribution in [3.05, 3.63) is 69.5 Å². The third kappa shape index (κ3) is 3.79. The van der Waals surface area contributed by atoms with E-state index in [0.717, 1.165) is 5.56 Å². The number of Topliss-reactive ketones (excluding diaryl/α,β-unsaturated/α-hetero) is 1. The quantitative estimate of drug-likeness (QED) is 0.730. The SMILES string of the molecule is O=C(CCc1cccc(F)c1)c1ccc(Cl)cc1Cl. The number of aryl methyl sites for hydroxylation is 1. The lowest BCUT2D eigenvalue weighted by atomic mass is 10.0. The molecule has 0 spiro atoms. The fourth-order valence-electron chi connectivity index (χ4n) is 1.80. The maximum Gasteiger partial charge on any atom is 0.164 e. The van der Waals surface area contributed by atoms with E-state index < -0.39 is 0 Å². The largest absolute Gasteiger partial charge is 0.294 e. The van der Waals surface area contributed by atoms with Crippen LogP contribution in [0.1, 0.15) is 22.3 Å². The second kappa shape index (κ2) is 6.18. The molecule has 2 rings (SSSR count). The molecule has 0 radical (unpaired) electrons. The zero-order chi connectivity index (χ0) is 13.8. The van der Waals surface area contributed by atoms with Gasteiger partial charge >= 0.3 is 0 Å². The highest BCUT2D eigenvalue weighted by Gasteiger charge is 2.11. The van der Waals surface area contributed by atoms with Crippen molar-refractivity contribution < 1.29 is 9.18 Å². The topological polar surface area (TPSA) is 17.1 Å². The summed E-state index contributed by atoms with van der Waals surface area (Å²) in [4.78, 5) is 12.0. The summed E-state index contributed by atoms with van der Waals surface area (Å²) in [5.41, 5.74) is 1.24. The number of hydrogen-bond donors (Lipinski definition) is 0. The van der Waals surface area contributed by atoms with Gasteiger partial charge in [-0.1, -0.05) is 35.3 Å². The van der Waals surface area contributed by atoms with Crippen LogP contribution in [-0.4, -0.2) is 5.78 Å². The summed E-state index contributed by atoms with van der Waals surface area (Å²) < 4.78 is 13.0. The molecule has 0 aliphatic heterocycles. The van der Waals surface area contributed by atoms with Gasteiger partial charge in [0.25, 0.3) is 0 Å². The second-order valence-electron chi connectivity index (χ2n) is 4.18. The van der Waals surface area contributed by atoms with E-state index in [1.54, 1.807) is 30.3 Å². The van der Waals surface area contributed by atoms with E-state index in [-0.39, 0.29) is 18.0 Å². The number of rotatable bonds is 4. The average Bonchev–Trinajstić information content (AvgIpc) is 2.36. The molecule has 0 unspecified atom stereocenters. The van der Waals surface area contributed by atoms with Crippen molar-refractivity contribution >= 4 is 29.0 Å². The monoisotopic (exact) mass is 296 g/mol. The molecule has 0 aliphatic rings. The lowest BCUT2D eigenvalue weighted by molar-refractivity contribution is 0.0983. The normalized spacial score (nSPS) is 10.5. The first-order valence-corrected chi connectivity index (χ1v) is 6.54. The Morgan fingerprint density at radius 2 is 1.89 bits per heavy atom. The van der Waals surface area contributed by atoms with Gasteiger partial charge in [-0.2, -0.15) is 0 Å². The van der Waals surface area contributed by atoms with E-state index in [1.807, 2.05) is 0 Å². The van der Waals surface area contributed by atoms with E-state index in [4.69, 9.17) is 23.2 Å². The molecule has 2 aromatic carbocycles. The van der Waals surface area contributed by atoms with E-state index in [0.29, 0.717) is 22.0 Å². The molecule has 0 saturated carbocycles. The third-order valence-corrected chi connectivity index (χ3v) is 3.31. The third-order valence-electron chi connectivity index (χ3n) is 2.76. The van der Waals surface area contributed by atoms with Crippen molar-refractivity contribution in [1.29, 1.82) is 0 Å². The minimum atomic E-state index is -0.297. The molecule has 0 fully saturated rings. The van der Waals surface area contributed by atoms with E-state index in [1.165, 1.54) is 12.1 Å². The van der Waals surface area contributed by atoms with Crippen LogP contribution in [0, 0.1) is 5.82 Å². The van der Waals surface area contributed by atoms with Crippen LogP contribution in [0.4, 0.5) is 4.39 Å². The van der Waals surface area contributed by atoms with Crippen LogP contribution in [-0.2, 0) is 6.42 Å². The van der Waals surface area contributed by atoms with Gasteiger partial charge in [0.1, 0.15) is 5.82 Å². The Bertz CT molecular complexity index is 611. The first-order chi connectivity index (χ1) is 9.06. The molecule has 0 aromatic heterocycles. The summed E-state index contributed by atoms with van der Waals surface area (Å²) in [6.45, 7) is 0. The summed E-state index contributed by atoms with van der Waals surface area (Å²) in [6, 6.07) is 11.0. The summed E-state index contributed by atoms with van der Waals surface area (Å²) >= 11 is 11.7. The van der Waals surface area contributed by atoms with Crippen LogP contribution < -0.4 is 0 Å². The predicted molar refractivity (Wildman–Crippen MR) is 75.5 cm³/mol. The number of halogens is 3. The Morgan fingerprint density at radius 1 is 1.11 bits per heavy atom. The highest BCUT2D eigenvalue weighted by Crippen LogP contribution is 2.22. The minimum absolute atomic E-state index is 0.0778. The number of carbonyl (C=O) groups excluding carboxylic acids is 1. The molecule has 1 nitrogen and oxygen atoms in total. The van der Waals surface area contributed by atoms with Crippen LogP contribution in [0.15, 0.2) is 42.5 Å². The average molecular weight is 297 g/mol. The van der Waals surface area contributed by atoms with Gasteiger partial charge in [-0.15, -0.1) is 0 Å². The van der Waals surface area contributed by atoms with Gasteiger partial charge in [-0.25, -0.2) is 4.39 Å². The summed E-state index contributed by atoms with van der Waals surface area (Å²) in [5, 5.41) is 0.837. The molecular weight excluding hydrogens is 286 g/mol. The molecule has 0 heterocycles. The van der Waals surface area contributed by atoms with Gasteiger partial charge in [-0.05, 0) is 42.3 Å². The Morgan fingerprint density at radius 3 is 2.58 bits per heavy atom. The molecule has 0 amide bonds. The van der Waals surface area contributed by atoms with E-state index >= 15 is 0 Å². The van der Waals surface area contributed by atoms with Crippen molar-refractivity contribution in [3.8, 4) is 0 Å². The molecular formula is C15H11Cl2FO. The lowest BCUT2D eigenvalue weighted by Crippen LogP contribution is -2.02. The Kier molecular flexibility index (Phi) is 4.56. The van der Waals surface area contributed by atoms with Crippen LogP contribution in [0.2, 0.25) is 10.0 Å². The zero-order valence-corrected chi connectivity index (χ0v) is 11.5. The van der Waals surface area contributed by atoms with E-state index in [9.17, 15) is 9.18 Å². The Balaban J connectivity index is 2.05. The number of benzene rings is 2. The molecule has 98 valence electrons. The summed E-state index contributed by atoms with van der Waals surface area (Å²) in [5.74, 6) is -0.375. The number of ketones is 1. The molecule has 2 aromatic rings. The fraction of sp³-hybridized carbons (Fsp3) is 0.133. The van der Waals surface area contributed by atoms with Crippen LogP contribution in [0.25, 0.3) is 0 Å². The molecule has 0 N–H and O–H groups in total. The molecule has 0 bridgehead atoms. The van der Waals surface area contributed by atoms with Crippen molar-refractivity contribution in [3.63, 3.8) is 0 Å². The first kappa shape index (κ1) is 14.0. The molecule has 0 atom stereocenters. The maximum absolute atomic E-state index is 13.0. The second-order valence-corrected chi connectivity index (χ2v) is 5.02. The van der Waals surface area contributed by atoms with Crippen molar-refractivity contribution in [2.45, 2.75) is 12.8 Å². The lowest BCUT2D eigenvalue weighted by Gasteiger charge is -2.04. The molecule has 0 aliphatic carbocycles. The highest BCUT2D eigenvalue weighted by molar-refractivity contribution is 6.36. The number of hydrogen-bond acceptors (Lipinski definition) is 1. The van der Waals surface area contributed by atoms with Crippen molar-refractivity contribution in [2.24, 2.45) is 0 Å². The standard InChI is InChI=1S/C15H11Cl2FO/c16-11-5-6-13(14(17)9-11)15(19)7-4-10-2-1-3-12(18)8-10/h1-3,5-6,8-9H,4,7H2. The van der Waals surface area contributed by atoms with Gasteiger partial charge in [-0.3, -0.25) is 4.79 Å². The summed E-state index contributed by atoms with van der Waals surface area (Å²) in [7, 11) is 0. The molecule has 19 heavy (non-hydrogen) atoms.